The number of aryl methyl sites for hydroxylation is 1. The van der Waals surface area contributed by atoms with Gasteiger partial charge < -0.3 is 15.4 Å². The third-order valence-corrected chi connectivity index (χ3v) is 3.86. The fraction of sp³-hybridized carbons (Fsp3) is 0.105. The number of esters is 1. The van der Waals surface area contributed by atoms with Gasteiger partial charge in [0.25, 0.3) is 0 Å². The maximum absolute atomic E-state index is 11.7. The highest BCUT2D eigenvalue weighted by Gasteiger charge is 2.10. The molecule has 0 atom stereocenters. The summed E-state index contributed by atoms with van der Waals surface area (Å²) in [5.41, 5.74) is 2.61. The van der Waals surface area contributed by atoms with Crippen LogP contribution in [0.4, 0.5) is 23.1 Å². The molecule has 26 heavy (non-hydrogen) atoms. The van der Waals surface area contributed by atoms with E-state index < -0.39 is 5.97 Å². The van der Waals surface area contributed by atoms with Crippen molar-refractivity contribution in [1.82, 2.24) is 9.97 Å². The summed E-state index contributed by atoms with van der Waals surface area (Å²) < 4.78 is 4.74. The van der Waals surface area contributed by atoms with Crippen LogP contribution >= 0.6 is 11.6 Å². The molecule has 0 unspecified atom stereocenters. The number of halogens is 1. The summed E-state index contributed by atoms with van der Waals surface area (Å²) >= 11 is 6.23. The Morgan fingerprint density at radius 1 is 1.04 bits per heavy atom. The molecule has 3 rings (SSSR count). The smallest absolute Gasteiger partial charge is 0.337 e. The molecular weight excluding hydrogens is 352 g/mol. The zero-order chi connectivity index (χ0) is 18.5. The number of rotatable bonds is 5. The molecule has 0 radical (unpaired) electrons. The fourth-order valence-corrected chi connectivity index (χ4v) is 2.51. The number of nitrogens with one attached hydrogen (secondary N) is 2. The molecule has 1 heterocycles. The number of aromatic nitrogens is 2. The molecule has 2 aromatic carbocycles. The Balaban J connectivity index is 1.87. The number of benzene rings is 2. The zero-order valence-electron chi connectivity index (χ0n) is 14.3. The third kappa shape index (κ3) is 4.29. The molecule has 6 nitrogen and oxygen atoms in total. The molecule has 0 bridgehead atoms. The van der Waals surface area contributed by atoms with Crippen LogP contribution in [0.25, 0.3) is 0 Å². The quantitative estimate of drug-likeness (QED) is 0.635. The number of nitrogens with zero attached hydrogens (tertiary/aromatic N) is 2. The molecule has 0 saturated heterocycles. The van der Waals surface area contributed by atoms with E-state index in [9.17, 15) is 4.79 Å². The van der Waals surface area contributed by atoms with Crippen molar-refractivity contribution < 1.29 is 9.53 Å². The van der Waals surface area contributed by atoms with Crippen LogP contribution in [-0.2, 0) is 4.74 Å². The van der Waals surface area contributed by atoms with Crippen LogP contribution in [0.5, 0.6) is 0 Å². The van der Waals surface area contributed by atoms with Gasteiger partial charge in [-0.05, 0) is 37.3 Å². The molecule has 0 aliphatic carbocycles. The van der Waals surface area contributed by atoms with E-state index >= 15 is 0 Å². The maximum atomic E-state index is 11.7. The number of hydrogen-bond donors (Lipinski definition) is 2. The minimum Gasteiger partial charge on any atom is -0.465 e. The summed E-state index contributed by atoms with van der Waals surface area (Å²) in [6.45, 7) is 1.87. The first-order chi connectivity index (χ1) is 12.5. The molecular formula is C19H17ClN4O2. The summed E-state index contributed by atoms with van der Waals surface area (Å²) in [4.78, 5) is 20.5. The molecule has 2 N–H and O–H groups in total. The molecule has 0 fully saturated rings. The van der Waals surface area contributed by atoms with Crippen LogP contribution in [0.3, 0.4) is 0 Å². The minimum absolute atomic E-state index is 0.396. The Bertz CT molecular complexity index is 932. The van der Waals surface area contributed by atoms with Crippen molar-refractivity contribution in [3.63, 3.8) is 0 Å². The Kier molecular flexibility index (Phi) is 5.34. The molecule has 0 amide bonds. The van der Waals surface area contributed by atoms with Gasteiger partial charge in [0, 0.05) is 17.4 Å². The van der Waals surface area contributed by atoms with Gasteiger partial charge in [-0.2, -0.15) is 4.98 Å². The second-order valence-corrected chi connectivity index (χ2v) is 5.93. The first kappa shape index (κ1) is 17.7. The van der Waals surface area contributed by atoms with Crippen molar-refractivity contribution in [2.24, 2.45) is 0 Å². The lowest BCUT2D eigenvalue weighted by molar-refractivity contribution is 0.0601. The SMILES string of the molecule is COC(=O)c1ccc(Cl)c(Nc2cc(C)nc(Nc3ccccc3)n2)c1. The van der Waals surface area contributed by atoms with Crippen molar-refractivity contribution in [3.8, 4) is 0 Å². The second kappa shape index (κ2) is 7.84. The van der Waals surface area contributed by atoms with Gasteiger partial charge >= 0.3 is 5.97 Å². The van der Waals surface area contributed by atoms with Crippen LogP contribution in [0.2, 0.25) is 5.02 Å². The van der Waals surface area contributed by atoms with E-state index in [4.69, 9.17) is 16.3 Å². The number of carbonyl (C=O) groups excluding carboxylic acids is 1. The topological polar surface area (TPSA) is 76.1 Å². The van der Waals surface area contributed by atoms with Crippen LogP contribution < -0.4 is 10.6 Å². The summed E-state index contributed by atoms with van der Waals surface area (Å²) in [6, 6.07) is 16.3. The number of hydrogen-bond acceptors (Lipinski definition) is 6. The Hall–Kier alpha value is -3.12. The third-order valence-electron chi connectivity index (χ3n) is 3.53. The standard InChI is InChI=1S/C19H17ClN4O2/c1-12-10-17(24-19(21-12)22-14-6-4-3-5-7-14)23-16-11-13(18(25)26-2)8-9-15(16)20/h3-11H,1-2H3,(H2,21,22,23,24). The van der Waals surface area contributed by atoms with Crippen LogP contribution in [0.1, 0.15) is 16.1 Å². The van der Waals surface area contributed by atoms with Crippen molar-refractivity contribution in [2.75, 3.05) is 17.7 Å². The highest BCUT2D eigenvalue weighted by atomic mass is 35.5. The number of methoxy groups -OCH3 is 1. The molecule has 1 aromatic heterocycles. The zero-order valence-corrected chi connectivity index (χ0v) is 15.0. The minimum atomic E-state index is -0.435. The molecule has 7 heteroatoms. The second-order valence-electron chi connectivity index (χ2n) is 5.52. The monoisotopic (exact) mass is 368 g/mol. The fourth-order valence-electron chi connectivity index (χ4n) is 2.34. The summed E-state index contributed by atoms with van der Waals surface area (Å²) in [5, 5.41) is 6.75. The maximum Gasteiger partial charge on any atom is 0.337 e. The number of carbonyl (C=O) groups is 1. The molecule has 132 valence electrons. The molecule has 0 saturated carbocycles. The van der Waals surface area contributed by atoms with E-state index in [1.807, 2.05) is 37.3 Å². The van der Waals surface area contributed by atoms with Crippen LogP contribution in [0, 0.1) is 6.92 Å². The largest absolute Gasteiger partial charge is 0.465 e. The van der Waals surface area contributed by atoms with Crippen molar-refractivity contribution >= 4 is 40.7 Å². The van der Waals surface area contributed by atoms with Gasteiger partial charge in [-0.15, -0.1) is 0 Å². The number of ether oxygens (including phenoxy) is 1. The Morgan fingerprint density at radius 2 is 1.81 bits per heavy atom. The highest BCUT2D eigenvalue weighted by Crippen LogP contribution is 2.27. The lowest BCUT2D eigenvalue weighted by atomic mass is 10.2. The van der Waals surface area contributed by atoms with E-state index in [0.29, 0.717) is 28.0 Å². The molecule has 0 spiro atoms. The first-order valence-electron chi connectivity index (χ1n) is 7.88. The molecule has 0 aliphatic rings. The van der Waals surface area contributed by atoms with Crippen molar-refractivity contribution in [2.45, 2.75) is 6.92 Å². The average Bonchev–Trinajstić information content (AvgIpc) is 2.63. The van der Waals surface area contributed by atoms with Gasteiger partial charge in [0.2, 0.25) is 5.95 Å². The first-order valence-corrected chi connectivity index (χ1v) is 8.25. The van der Waals surface area contributed by atoms with Crippen molar-refractivity contribution in [1.29, 1.82) is 0 Å². The lowest BCUT2D eigenvalue weighted by Crippen LogP contribution is -2.04. The Labute approximate surface area is 156 Å². The van der Waals surface area contributed by atoms with E-state index in [-0.39, 0.29) is 0 Å². The summed E-state index contributed by atoms with van der Waals surface area (Å²) in [5.74, 6) is 0.578. The van der Waals surface area contributed by atoms with E-state index in [0.717, 1.165) is 11.4 Å². The molecule has 0 aliphatic heterocycles. The van der Waals surface area contributed by atoms with Crippen LogP contribution in [0.15, 0.2) is 54.6 Å². The van der Waals surface area contributed by atoms with Crippen LogP contribution in [-0.4, -0.2) is 23.0 Å². The van der Waals surface area contributed by atoms with E-state index in [1.54, 1.807) is 24.3 Å². The number of para-hydroxylation sites is 1. The van der Waals surface area contributed by atoms with Gasteiger partial charge in [-0.25, -0.2) is 9.78 Å². The van der Waals surface area contributed by atoms with Gasteiger partial charge in [0.15, 0.2) is 0 Å². The summed E-state index contributed by atoms with van der Waals surface area (Å²) in [7, 11) is 1.33. The van der Waals surface area contributed by atoms with Crippen molar-refractivity contribution in [3.05, 3.63) is 70.9 Å². The lowest BCUT2D eigenvalue weighted by Gasteiger charge is -2.12. The normalized spacial score (nSPS) is 10.3. The molecule has 3 aromatic rings. The van der Waals surface area contributed by atoms with Gasteiger partial charge in [-0.1, -0.05) is 29.8 Å². The van der Waals surface area contributed by atoms with E-state index in [1.165, 1.54) is 7.11 Å². The average molecular weight is 369 g/mol. The van der Waals surface area contributed by atoms with Gasteiger partial charge in [0.05, 0.1) is 23.4 Å². The van der Waals surface area contributed by atoms with Gasteiger partial charge in [0.1, 0.15) is 5.82 Å². The van der Waals surface area contributed by atoms with E-state index in [2.05, 4.69) is 20.6 Å². The predicted molar refractivity (Wildman–Crippen MR) is 103 cm³/mol. The number of anilines is 4. The predicted octanol–water partition coefficient (Wildman–Crippen LogP) is 4.71. The summed E-state index contributed by atoms with van der Waals surface area (Å²) in [6.07, 6.45) is 0. The highest BCUT2D eigenvalue weighted by molar-refractivity contribution is 6.33. The van der Waals surface area contributed by atoms with Gasteiger partial charge in [-0.3, -0.25) is 0 Å². The Morgan fingerprint density at radius 3 is 2.54 bits per heavy atom.